The molecule has 1 aliphatic rings. The predicted octanol–water partition coefficient (Wildman–Crippen LogP) is 1.91. The van der Waals surface area contributed by atoms with E-state index in [1.165, 1.54) is 32.1 Å². The van der Waals surface area contributed by atoms with Crippen molar-refractivity contribution in [3.8, 4) is 0 Å². The Morgan fingerprint density at radius 2 is 1.92 bits per heavy atom. The molecule has 2 atom stereocenters. The summed E-state index contributed by atoms with van der Waals surface area (Å²) in [5.41, 5.74) is 5.52. The zero-order chi connectivity index (χ0) is 9.68. The fourth-order valence-corrected chi connectivity index (χ4v) is 2.15. The molecule has 1 rings (SSSR count). The van der Waals surface area contributed by atoms with Crippen molar-refractivity contribution in [1.82, 2.24) is 0 Å². The van der Waals surface area contributed by atoms with E-state index in [-0.39, 0.29) is 12.0 Å². The van der Waals surface area contributed by atoms with Gasteiger partial charge in [-0.15, -0.1) is 0 Å². The summed E-state index contributed by atoms with van der Waals surface area (Å²) in [7, 11) is 0. The van der Waals surface area contributed by atoms with Gasteiger partial charge in [0.25, 0.3) is 0 Å². The van der Waals surface area contributed by atoms with Crippen LogP contribution >= 0.6 is 0 Å². The largest absolute Gasteiger partial charge is 0.393 e. The van der Waals surface area contributed by atoms with Crippen LogP contribution in [-0.4, -0.2) is 17.8 Å². The van der Waals surface area contributed by atoms with Gasteiger partial charge in [0.05, 0.1) is 6.10 Å². The van der Waals surface area contributed by atoms with E-state index in [1.54, 1.807) is 0 Å². The van der Waals surface area contributed by atoms with E-state index in [2.05, 4.69) is 0 Å². The maximum atomic E-state index is 9.79. The van der Waals surface area contributed by atoms with Crippen LogP contribution in [0.3, 0.4) is 0 Å². The van der Waals surface area contributed by atoms with Gasteiger partial charge in [0, 0.05) is 0 Å². The maximum absolute atomic E-state index is 9.79. The molecule has 13 heavy (non-hydrogen) atoms. The molecule has 0 radical (unpaired) electrons. The molecule has 0 bridgehead atoms. The van der Waals surface area contributed by atoms with Crippen LogP contribution in [0.15, 0.2) is 0 Å². The summed E-state index contributed by atoms with van der Waals surface area (Å²) in [5.74, 6) is 1.03. The molecule has 0 aromatic carbocycles. The molecular formula is C11H23NO. The lowest BCUT2D eigenvalue weighted by molar-refractivity contribution is 0.0848. The van der Waals surface area contributed by atoms with E-state index in [4.69, 9.17) is 5.73 Å². The highest BCUT2D eigenvalue weighted by atomic mass is 16.3. The van der Waals surface area contributed by atoms with E-state index < -0.39 is 0 Å². The molecule has 0 aromatic rings. The fraction of sp³-hybridized carbons (Fsp3) is 1.00. The minimum Gasteiger partial charge on any atom is -0.393 e. The van der Waals surface area contributed by atoms with Crippen LogP contribution in [0.1, 0.15) is 45.4 Å². The van der Waals surface area contributed by atoms with Gasteiger partial charge in [-0.3, -0.25) is 0 Å². The number of nitrogens with two attached hydrogens (primary N) is 1. The van der Waals surface area contributed by atoms with Gasteiger partial charge in [-0.1, -0.05) is 39.0 Å². The minimum absolute atomic E-state index is 0.173. The van der Waals surface area contributed by atoms with Crippen LogP contribution in [0.5, 0.6) is 0 Å². The van der Waals surface area contributed by atoms with Crippen molar-refractivity contribution in [2.75, 3.05) is 6.54 Å². The van der Waals surface area contributed by atoms with E-state index in [0.29, 0.717) is 6.54 Å². The highest BCUT2D eigenvalue weighted by Gasteiger charge is 2.20. The van der Waals surface area contributed by atoms with E-state index >= 15 is 0 Å². The number of hydrogen-bond acceptors (Lipinski definition) is 2. The SMILES string of the molecule is CC(CN)C(O)CC1CCCCC1. The standard InChI is InChI=1S/C11H23NO/c1-9(8-12)11(13)7-10-5-3-2-4-6-10/h9-11,13H,2-8,12H2,1H3. The van der Waals surface area contributed by atoms with Gasteiger partial charge in [0.15, 0.2) is 0 Å². The predicted molar refractivity (Wildman–Crippen MR) is 55.4 cm³/mol. The van der Waals surface area contributed by atoms with Crippen molar-refractivity contribution in [3.63, 3.8) is 0 Å². The Bertz CT molecular complexity index is 132. The molecule has 0 spiro atoms. The molecule has 3 N–H and O–H groups in total. The fourth-order valence-electron chi connectivity index (χ4n) is 2.15. The Balaban J connectivity index is 2.21. The van der Waals surface area contributed by atoms with Crippen LogP contribution in [0.2, 0.25) is 0 Å². The molecule has 0 aliphatic heterocycles. The Morgan fingerprint density at radius 1 is 1.31 bits per heavy atom. The minimum atomic E-state index is -0.173. The van der Waals surface area contributed by atoms with Crippen LogP contribution in [-0.2, 0) is 0 Å². The average molecular weight is 185 g/mol. The summed E-state index contributed by atoms with van der Waals surface area (Å²) in [6.07, 6.45) is 7.52. The van der Waals surface area contributed by atoms with Crippen molar-refractivity contribution < 1.29 is 5.11 Å². The second-order valence-electron chi connectivity index (χ2n) is 4.52. The Hall–Kier alpha value is -0.0800. The molecule has 1 fully saturated rings. The summed E-state index contributed by atoms with van der Waals surface area (Å²) in [6, 6.07) is 0. The molecule has 0 amide bonds. The number of rotatable bonds is 4. The monoisotopic (exact) mass is 185 g/mol. The van der Waals surface area contributed by atoms with Gasteiger partial charge in [0.1, 0.15) is 0 Å². The molecule has 0 aromatic heterocycles. The summed E-state index contributed by atoms with van der Waals surface area (Å²) in [4.78, 5) is 0. The highest BCUT2D eigenvalue weighted by Crippen LogP contribution is 2.28. The third kappa shape index (κ3) is 3.65. The lowest BCUT2D eigenvalue weighted by Gasteiger charge is -2.26. The summed E-state index contributed by atoms with van der Waals surface area (Å²) < 4.78 is 0. The molecule has 2 nitrogen and oxygen atoms in total. The van der Waals surface area contributed by atoms with Crippen molar-refractivity contribution in [3.05, 3.63) is 0 Å². The van der Waals surface area contributed by atoms with Gasteiger partial charge in [-0.2, -0.15) is 0 Å². The summed E-state index contributed by atoms with van der Waals surface area (Å²) in [6.45, 7) is 2.64. The van der Waals surface area contributed by atoms with Crippen molar-refractivity contribution in [1.29, 1.82) is 0 Å². The molecule has 0 heterocycles. The first-order valence-corrected chi connectivity index (χ1v) is 5.62. The zero-order valence-corrected chi connectivity index (χ0v) is 8.71. The van der Waals surface area contributed by atoms with Crippen molar-refractivity contribution in [2.24, 2.45) is 17.6 Å². The maximum Gasteiger partial charge on any atom is 0.0580 e. The topological polar surface area (TPSA) is 46.2 Å². The normalized spacial score (nSPS) is 24.2. The second kappa shape index (κ2) is 5.61. The molecule has 2 heteroatoms. The summed E-state index contributed by atoms with van der Waals surface area (Å²) >= 11 is 0. The number of aliphatic hydroxyl groups is 1. The van der Waals surface area contributed by atoms with Gasteiger partial charge in [-0.05, 0) is 24.8 Å². The Labute approximate surface area is 81.5 Å². The van der Waals surface area contributed by atoms with Crippen LogP contribution in [0, 0.1) is 11.8 Å². The first kappa shape index (κ1) is 11.0. The molecule has 1 aliphatic carbocycles. The van der Waals surface area contributed by atoms with Gasteiger partial charge in [-0.25, -0.2) is 0 Å². The highest BCUT2D eigenvalue weighted by molar-refractivity contribution is 4.73. The molecule has 78 valence electrons. The molecule has 1 saturated carbocycles. The Morgan fingerprint density at radius 3 is 2.46 bits per heavy atom. The van der Waals surface area contributed by atoms with E-state index in [0.717, 1.165) is 12.3 Å². The van der Waals surface area contributed by atoms with Crippen LogP contribution in [0.4, 0.5) is 0 Å². The smallest absolute Gasteiger partial charge is 0.0580 e. The number of aliphatic hydroxyl groups excluding tert-OH is 1. The van der Waals surface area contributed by atoms with Gasteiger partial charge in [0.2, 0.25) is 0 Å². The zero-order valence-electron chi connectivity index (χ0n) is 8.71. The first-order chi connectivity index (χ1) is 6.24. The van der Waals surface area contributed by atoms with Crippen molar-refractivity contribution >= 4 is 0 Å². The van der Waals surface area contributed by atoms with Crippen molar-refractivity contribution in [2.45, 2.75) is 51.6 Å². The van der Waals surface area contributed by atoms with Gasteiger partial charge >= 0.3 is 0 Å². The lowest BCUT2D eigenvalue weighted by atomic mass is 9.83. The third-order valence-electron chi connectivity index (χ3n) is 3.33. The first-order valence-electron chi connectivity index (χ1n) is 5.62. The van der Waals surface area contributed by atoms with Crippen LogP contribution < -0.4 is 5.73 Å². The van der Waals surface area contributed by atoms with Crippen LogP contribution in [0.25, 0.3) is 0 Å². The van der Waals surface area contributed by atoms with Gasteiger partial charge < -0.3 is 10.8 Å². The molecule has 0 saturated heterocycles. The van der Waals surface area contributed by atoms with E-state index in [9.17, 15) is 5.11 Å². The molecular weight excluding hydrogens is 162 g/mol. The summed E-state index contributed by atoms with van der Waals surface area (Å²) in [5, 5.41) is 9.79. The average Bonchev–Trinajstić information content (AvgIpc) is 2.18. The molecule has 2 unspecified atom stereocenters. The second-order valence-corrected chi connectivity index (χ2v) is 4.52. The Kier molecular flexibility index (Phi) is 4.74. The van der Waals surface area contributed by atoms with E-state index in [1.807, 2.05) is 6.92 Å². The lowest BCUT2D eigenvalue weighted by Crippen LogP contribution is -2.27. The quantitative estimate of drug-likeness (QED) is 0.703. The third-order valence-corrected chi connectivity index (χ3v) is 3.33. The number of hydrogen-bond donors (Lipinski definition) is 2.